The Balaban J connectivity index is 1.60. The van der Waals surface area contributed by atoms with Crippen molar-refractivity contribution in [3.63, 3.8) is 0 Å². The van der Waals surface area contributed by atoms with E-state index in [1.165, 1.54) is 0 Å². The number of carbonyl (C=O) groups excluding carboxylic acids is 2. The number of esters is 2. The normalized spacial score (nSPS) is 21.2. The maximum atomic E-state index is 12.3. The van der Waals surface area contributed by atoms with Gasteiger partial charge in [0.05, 0.1) is 23.3 Å². The molecule has 0 N–H and O–H groups in total. The number of carbonyl (C=O) groups is 2. The number of rotatable bonds is 7. The number of ether oxygens (including phenoxy) is 4. The van der Waals surface area contributed by atoms with E-state index >= 15 is 0 Å². The molecule has 0 bridgehead atoms. The van der Waals surface area contributed by atoms with Gasteiger partial charge in [0.2, 0.25) is 0 Å². The fourth-order valence-electron chi connectivity index (χ4n) is 3.24. The predicted molar refractivity (Wildman–Crippen MR) is 111 cm³/mol. The third-order valence-electron chi connectivity index (χ3n) is 4.66. The van der Waals surface area contributed by atoms with Crippen LogP contribution in [0.15, 0.2) is 60.7 Å². The Labute approximate surface area is 177 Å². The van der Waals surface area contributed by atoms with Crippen molar-refractivity contribution in [2.24, 2.45) is 5.92 Å². The first-order valence-electron chi connectivity index (χ1n) is 10.1. The second-order valence-electron chi connectivity index (χ2n) is 8.26. The van der Waals surface area contributed by atoms with Crippen molar-refractivity contribution in [3.8, 4) is 0 Å². The Hall–Kier alpha value is -2.70. The molecule has 0 aliphatic carbocycles. The number of benzene rings is 2. The molecule has 0 spiro atoms. The van der Waals surface area contributed by atoms with Crippen molar-refractivity contribution in [1.29, 1.82) is 0 Å². The van der Waals surface area contributed by atoms with Crippen LogP contribution in [-0.4, -0.2) is 43.1 Å². The monoisotopic (exact) mass is 412 g/mol. The van der Waals surface area contributed by atoms with Crippen LogP contribution < -0.4 is 0 Å². The first-order valence-corrected chi connectivity index (χ1v) is 10.1. The standard InChI is InChI=1S/C24H28O6/c1-24(2,3)30-21-14-19(15-27-22(25)17-10-6-4-7-11-17)20(29-21)16-28-23(26)18-12-8-5-9-13-18/h4-13,19-21H,14-16H2,1-3H3/t19-,20-,21?/m1/s1. The van der Waals surface area contributed by atoms with Crippen molar-refractivity contribution >= 4 is 11.9 Å². The van der Waals surface area contributed by atoms with Crippen LogP contribution in [0, 0.1) is 5.92 Å². The van der Waals surface area contributed by atoms with Crippen LogP contribution in [0.25, 0.3) is 0 Å². The van der Waals surface area contributed by atoms with E-state index in [2.05, 4.69) is 0 Å². The highest BCUT2D eigenvalue weighted by molar-refractivity contribution is 5.89. The molecule has 3 atom stereocenters. The van der Waals surface area contributed by atoms with Gasteiger partial charge in [-0.05, 0) is 45.0 Å². The lowest BCUT2D eigenvalue weighted by molar-refractivity contribution is -0.191. The van der Waals surface area contributed by atoms with E-state index in [0.717, 1.165) is 0 Å². The first kappa shape index (κ1) is 22.0. The molecule has 6 heteroatoms. The van der Waals surface area contributed by atoms with E-state index in [0.29, 0.717) is 17.5 Å². The van der Waals surface area contributed by atoms with Gasteiger partial charge in [-0.15, -0.1) is 0 Å². The van der Waals surface area contributed by atoms with Gasteiger partial charge in [-0.1, -0.05) is 36.4 Å². The molecule has 2 aromatic rings. The molecule has 0 aromatic heterocycles. The van der Waals surface area contributed by atoms with Gasteiger partial charge in [-0.2, -0.15) is 0 Å². The van der Waals surface area contributed by atoms with Crippen LogP contribution in [0.4, 0.5) is 0 Å². The molecule has 2 aromatic carbocycles. The summed E-state index contributed by atoms with van der Waals surface area (Å²) in [5.74, 6) is -0.955. The molecule has 1 unspecified atom stereocenters. The summed E-state index contributed by atoms with van der Waals surface area (Å²) in [5, 5.41) is 0. The van der Waals surface area contributed by atoms with E-state index in [-0.39, 0.29) is 24.7 Å². The zero-order valence-electron chi connectivity index (χ0n) is 17.6. The molecule has 6 nitrogen and oxygen atoms in total. The van der Waals surface area contributed by atoms with Gasteiger partial charge in [-0.25, -0.2) is 9.59 Å². The van der Waals surface area contributed by atoms with Crippen molar-refractivity contribution < 1.29 is 28.5 Å². The Bertz CT molecular complexity index is 764. The minimum atomic E-state index is -0.453. The fourth-order valence-corrected chi connectivity index (χ4v) is 3.24. The minimum absolute atomic E-state index is 0.0608. The molecular weight excluding hydrogens is 384 g/mol. The Morgan fingerprint density at radius 3 is 1.87 bits per heavy atom. The summed E-state index contributed by atoms with van der Waals surface area (Å²) in [4.78, 5) is 24.6. The second-order valence-corrected chi connectivity index (χ2v) is 8.26. The molecule has 1 fully saturated rings. The maximum absolute atomic E-state index is 12.3. The Morgan fingerprint density at radius 2 is 1.37 bits per heavy atom. The number of hydrogen-bond acceptors (Lipinski definition) is 6. The fraction of sp³-hybridized carbons (Fsp3) is 0.417. The Morgan fingerprint density at radius 1 is 0.867 bits per heavy atom. The Kier molecular flexibility index (Phi) is 7.24. The molecule has 0 radical (unpaired) electrons. The lowest BCUT2D eigenvalue weighted by atomic mass is 10.0. The van der Waals surface area contributed by atoms with Crippen LogP contribution in [-0.2, 0) is 18.9 Å². The average Bonchev–Trinajstić information content (AvgIpc) is 3.11. The molecule has 0 amide bonds. The van der Waals surface area contributed by atoms with E-state index in [9.17, 15) is 9.59 Å². The van der Waals surface area contributed by atoms with Crippen LogP contribution in [0.1, 0.15) is 47.9 Å². The SMILES string of the molecule is CC(C)(C)OC1C[C@H](COC(=O)c2ccccc2)[C@@H](COC(=O)c2ccccc2)O1. The van der Waals surface area contributed by atoms with Gasteiger partial charge in [0.15, 0.2) is 6.29 Å². The summed E-state index contributed by atoms with van der Waals surface area (Å²) in [5.41, 5.74) is 0.585. The van der Waals surface area contributed by atoms with E-state index in [4.69, 9.17) is 18.9 Å². The molecule has 1 heterocycles. The van der Waals surface area contributed by atoms with Gasteiger partial charge >= 0.3 is 11.9 Å². The van der Waals surface area contributed by atoms with Gasteiger partial charge < -0.3 is 18.9 Å². The summed E-state index contributed by atoms with van der Waals surface area (Å²) < 4.78 is 22.9. The average molecular weight is 412 g/mol. The molecule has 1 saturated heterocycles. The van der Waals surface area contributed by atoms with E-state index in [1.54, 1.807) is 48.5 Å². The zero-order chi connectivity index (χ0) is 21.6. The highest BCUT2D eigenvalue weighted by atomic mass is 16.7. The predicted octanol–water partition coefficient (Wildman–Crippen LogP) is 4.25. The van der Waals surface area contributed by atoms with Gasteiger partial charge in [0.25, 0.3) is 0 Å². The van der Waals surface area contributed by atoms with Crippen LogP contribution >= 0.6 is 0 Å². The van der Waals surface area contributed by atoms with Crippen LogP contribution in [0.3, 0.4) is 0 Å². The van der Waals surface area contributed by atoms with Crippen molar-refractivity contribution in [1.82, 2.24) is 0 Å². The molecule has 1 aliphatic rings. The second kappa shape index (κ2) is 9.87. The largest absolute Gasteiger partial charge is 0.462 e. The molecule has 0 saturated carbocycles. The molecule has 3 rings (SSSR count). The quantitative estimate of drug-likeness (QED) is 0.633. The van der Waals surface area contributed by atoms with Crippen molar-refractivity contribution in [2.45, 2.75) is 45.2 Å². The van der Waals surface area contributed by atoms with Gasteiger partial charge in [0.1, 0.15) is 12.7 Å². The van der Waals surface area contributed by atoms with Gasteiger partial charge in [0, 0.05) is 12.3 Å². The van der Waals surface area contributed by atoms with Crippen LogP contribution in [0.5, 0.6) is 0 Å². The maximum Gasteiger partial charge on any atom is 0.338 e. The highest BCUT2D eigenvalue weighted by Gasteiger charge is 2.39. The summed E-state index contributed by atoms with van der Waals surface area (Å²) in [6.45, 7) is 6.06. The third-order valence-corrected chi connectivity index (χ3v) is 4.66. The molecule has 160 valence electrons. The summed E-state index contributed by atoms with van der Waals surface area (Å²) in [6, 6.07) is 17.6. The molecule has 1 aliphatic heterocycles. The minimum Gasteiger partial charge on any atom is -0.462 e. The van der Waals surface area contributed by atoms with Gasteiger partial charge in [-0.3, -0.25) is 0 Å². The topological polar surface area (TPSA) is 71.1 Å². The first-order chi connectivity index (χ1) is 14.3. The van der Waals surface area contributed by atoms with E-state index < -0.39 is 24.3 Å². The number of hydrogen-bond donors (Lipinski definition) is 0. The highest BCUT2D eigenvalue weighted by Crippen LogP contribution is 2.31. The lowest BCUT2D eigenvalue weighted by Gasteiger charge is -2.24. The molecular formula is C24H28O6. The summed E-state index contributed by atoms with van der Waals surface area (Å²) >= 11 is 0. The third kappa shape index (κ3) is 6.40. The van der Waals surface area contributed by atoms with E-state index in [1.807, 2.05) is 32.9 Å². The lowest BCUT2D eigenvalue weighted by Crippen LogP contribution is -2.29. The zero-order valence-corrected chi connectivity index (χ0v) is 17.6. The summed E-state index contributed by atoms with van der Waals surface area (Å²) in [6.07, 6.45) is -0.327. The summed E-state index contributed by atoms with van der Waals surface area (Å²) in [7, 11) is 0. The molecule has 30 heavy (non-hydrogen) atoms. The smallest absolute Gasteiger partial charge is 0.338 e. The van der Waals surface area contributed by atoms with Crippen molar-refractivity contribution in [2.75, 3.05) is 13.2 Å². The van der Waals surface area contributed by atoms with Crippen LogP contribution in [0.2, 0.25) is 0 Å². The van der Waals surface area contributed by atoms with Crippen molar-refractivity contribution in [3.05, 3.63) is 71.8 Å².